The number of aliphatic hydroxyl groups excluding tert-OH is 1. The van der Waals surface area contributed by atoms with Crippen LogP contribution in [0.25, 0.3) is 11.1 Å². The van der Waals surface area contributed by atoms with E-state index in [0.29, 0.717) is 10.7 Å². The van der Waals surface area contributed by atoms with E-state index >= 15 is 0 Å². The number of benzene rings is 1. The SMILES string of the molecule is Cc1cnccc1-c1cn(C)nc1C(O)c1ccc(Cl)cc1. The largest absolute Gasteiger partial charge is 0.382 e. The van der Waals surface area contributed by atoms with E-state index in [-0.39, 0.29) is 0 Å². The maximum absolute atomic E-state index is 10.7. The molecule has 112 valence electrons. The van der Waals surface area contributed by atoms with Gasteiger partial charge in [0.05, 0.1) is 0 Å². The van der Waals surface area contributed by atoms with Crippen LogP contribution in [0.3, 0.4) is 0 Å². The highest BCUT2D eigenvalue weighted by Gasteiger charge is 2.20. The predicted molar refractivity (Wildman–Crippen MR) is 86.7 cm³/mol. The Balaban J connectivity index is 2.08. The normalized spacial score (nSPS) is 12.4. The highest BCUT2D eigenvalue weighted by atomic mass is 35.5. The van der Waals surface area contributed by atoms with Crippen molar-refractivity contribution in [3.8, 4) is 11.1 Å². The lowest BCUT2D eigenvalue weighted by Gasteiger charge is -2.12. The van der Waals surface area contributed by atoms with Crippen LogP contribution >= 0.6 is 11.6 Å². The van der Waals surface area contributed by atoms with Crippen molar-refractivity contribution in [3.63, 3.8) is 0 Å². The summed E-state index contributed by atoms with van der Waals surface area (Å²) in [6.45, 7) is 1.99. The van der Waals surface area contributed by atoms with E-state index in [9.17, 15) is 5.11 Å². The number of nitrogens with zero attached hydrogens (tertiary/aromatic N) is 3. The Morgan fingerprint density at radius 1 is 1.14 bits per heavy atom. The Bertz CT molecular complexity index is 796. The molecule has 0 aliphatic heterocycles. The molecule has 0 amide bonds. The summed E-state index contributed by atoms with van der Waals surface area (Å²) in [4.78, 5) is 4.12. The van der Waals surface area contributed by atoms with Gasteiger partial charge in [-0.15, -0.1) is 0 Å². The fraction of sp³-hybridized carbons (Fsp3) is 0.176. The van der Waals surface area contributed by atoms with Crippen LogP contribution in [-0.2, 0) is 7.05 Å². The molecule has 0 fully saturated rings. The van der Waals surface area contributed by atoms with Gasteiger partial charge in [0.1, 0.15) is 11.8 Å². The molecule has 2 heterocycles. The van der Waals surface area contributed by atoms with Crippen LogP contribution in [0, 0.1) is 6.92 Å². The van der Waals surface area contributed by atoms with Gasteiger partial charge >= 0.3 is 0 Å². The molecule has 0 aliphatic rings. The van der Waals surface area contributed by atoms with Crippen molar-refractivity contribution in [2.45, 2.75) is 13.0 Å². The maximum Gasteiger partial charge on any atom is 0.123 e. The van der Waals surface area contributed by atoms with Crippen molar-refractivity contribution >= 4 is 11.6 Å². The minimum Gasteiger partial charge on any atom is -0.382 e. The summed E-state index contributed by atoms with van der Waals surface area (Å²) in [5, 5.41) is 15.8. The molecular weight excluding hydrogens is 298 g/mol. The summed E-state index contributed by atoms with van der Waals surface area (Å²) < 4.78 is 1.71. The molecule has 1 N–H and O–H groups in total. The number of aryl methyl sites for hydroxylation is 2. The molecule has 3 rings (SSSR count). The van der Waals surface area contributed by atoms with Crippen molar-refractivity contribution in [2.24, 2.45) is 7.05 Å². The van der Waals surface area contributed by atoms with Gasteiger partial charge in [-0.3, -0.25) is 9.67 Å². The first-order valence-electron chi connectivity index (χ1n) is 6.94. The number of rotatable bonds is 3. The highest BCUT2D eigenvalue weighted by Crippen LogP contribution is 2.32. The average molecular weight is 314 g/mol. The molecule has 0 bridgehead atoms. The molecule has 1 aromatic carbocycles. The zero-order chi connectivity index (χ0) is 15.7. The fourth-order valence-corrected chi connectivity index (χ4v) is 2.62. The van der Waals surface area contributed by atoms with Gasteiger partial charge < -0.3 is 5.11 Å². The Labute approximate surface area is 134 Å². The second-order valence-corrected chi connectivity index (χ2v) is 5.68. The number of hydrogen-bond acceptors (Lipinski definition) is 3. The molecule has 22 heavy (non-hydrogen) atoms. The third kappa shape index (κ3) is 2.75. The highest BCUT2D eigenvalue weighted by molar-refractivity contribution is 6.30. The van der Waals surface area contributed by atoms with Gasteiger partial charge in [0.15, 0.2) is 0 Å². The van der Waals surface area contributed by atoms with E-state index < -0.39 is 6.10 Å². The summed E-state index contributed by atoms with van der Waals surface area (Å²) in [5.41, 5.74) is 4.35. The predicted octanol–water partition coefficient (Wildman–Crippen LogP) is 3.53. The van der Waals surface area contributed by atoms with E-state index in [4.69, 9.17) is 11.6 Å². The molecule has 4 nitrogen and oxygen atoms in total. The summed E-state index contributed by atoms with van der Waals surface area (Å²) in [7, 11) is 1.85. The molecule has 0 aliphatic carbocycles. The summed E-state index contributed by atoms with van der Waals surface area (Å²) in [6, 6.07) is 9.08. The van der Waals surface area contributed by atoms with Crippen LogP contribution in [0.1, 0.15) is 22.9 Å². The molecular formula is C17H16ClN3O. The summed E-state index contributed by atoms with van der Waals surface area (Å²) >= 11 is 5.91. The smallest absolute Gasteiger partial charge is 0.123 e. The zero-order valence-corrected chi connectivity index (χ0v) is 13.1. The lowest BCUT2D eigenvalue weighted by Crippen LogP contribution is -2.03. The molecule has 1 unspecified atom stereocenters. The minimum atomic E-state index is -0.805. The van der Waals surface area contributed by atoms with E-state index in [1.54, 1.807) is 29.2 Å². The molecule has 0 radical (unpaired) electrons. The van der Waals surface area contributed by atoms with Crippen molar-refractivity contribution in [1.29, 1.82) is 0 Å². The number of aromatic nitrogens is 3. The van der Waals surface area contributed by atoms with Gasteiger partial charge in [0.25, 0.3) is 0 Å². The molecule has 0 saturated carbocycles. The second-order valence-electron chi connectivity index (χ2n) is 5.25. The molecule has 5 heteroatoms. The Morgan fingerprint density at radius 2 is 1.86 bits per heavy atom. The number of pyridine rings is 1. The van der Waals surface area contributed by atoms with Crippen molar-refractivity contribution in [2.75, 3.05) is 0 Å². The van der Waals surface area contributed by atoms with E-state index in [2.05, 4.69) is 10.1 Å². The third-order valence-corrected chi connectivity index (χ3v) is 3.86. The first-order chi connectivity index (χ1) is 10.6. The Morgan fingerprint density at radius 3 is 2.55 bits per heavy atom. The maximum atomic E-state index is 10.7. The quantitative estimate of drug-likeness (QED) is 0.805. The summed E-state index contributed by atoms with van der Waals surface area (Å²) in [6.07, 6.45) is 4.66. The lowest BCUT2D eigenvalue weighted by atomic mass is 9.98. The summed E-state index contributed by atoms with van der Waals surface area (Å²) in [5.74, 6) is 0. The molecule has 0 saturated heterocycles. The topological polar surface area (TPSA) is 50.9 Å². The van der Waals surface area contributed by atoms with Crippen LogP contribution < -0.4 is 0 Å². The van der Waals surface area contributed by atoms with Crippen LogP contribution in [0.4, 0.5) is 0 Å². The molecule has 3 aromatic rings. The van der Waals surface area contributed by atoms with E-state index in [0.717, 1.165) is 22.3 Å². The number of halogens is 1. The first-order valence-corrected chi connectivity index (χ1v) is 7.32. The van der Waals surface area contributed by atoms with Gasteiger partial charge in [-0.2, -0.15) is 5.10 Å². The monoisotopic (exact) mass is 313 g/mol. The Kier molecular flexibility index (Phi) is 3.96. The van der Waals surface area contributed by atoms with Gasteiger partial charge in [-0.05, 0) is 41.8 Å². The van der Waals surface area contributed by atoms with Crippen LogP contribution in [0.2, 0.25) is 5.02 Å². The van der Waals surface area contributed by atoms with Gasteiger partial charge in [0.2, 0.25) is 0 Å². The standard InChI is InChI=1S/C17H16ClN3O/c1-11-9-19-8-7-14(11)15-10-21(2)20-16(15)17(22)12-3-5-13(18)6-4-12/h3-10,17,22H,1-2H3. The number of aliphatic hydroxyl groups is 1. The van der Waals surface area contributed by atoms with Crippen LogP contribution in [-0.4, -0.2) is 19.9 Å². The van der Waals surface area contributed by atoms with Crippen molar-refractivity contribution in [3.05, 3.63) is 70.8 Å². The zero-order valence-electron chi connectivity index (χ0n) is 12.4. The van der Waals surface area contributed by atoms with E-state index in [1.807, 2.05) is 38.4 Å². The van der Waals surface area contributed by atoms with Crippen LogP contribution in [0.5, 0.6) is 0 Å². The average Bonchev–Trinajstić information content (AvgIpc) is 2.89. The van der Waals surface area contributed by atoms with E-state index in [1.165, 1.54) is 0 Å². The minimum absolute atomic E-state index is 0.624. The fourth-order valence-electron chi connectivity index (χ4n) is 2.49. The molecule has 0 spiro atoms. The van der Waals surface area contributed by atoms with Crippen molar-refractivity contribution < 1.29 is 5.11 Å². The van der Waals surface area contributed by atoms with Crippen LogP contribution in [0.15, 0.2) is 48.9 Å². The third-order valence-electron chi connectivity index (χ3n) is 3.61. The first kappa shape index (κ1) is 14.8. The number of hydrogen-bond donors (Lipinski definition) is 1. The van der Waals surface area contributed by atoms with Crippen molar-refractivity contribution in [1.82, 2.24) is 14.8 Å². The van der Waals surface area contributed by atoms with Gasteiger partial charge in [-0.1, -0.05) is 23.7 Å². The van der Waals surface area contributed by atoms with Gasteiger partial charge in [0, 0.05) is 36.2 Å². The molecule has 1 atom stereocenters. The lowest BCUT2D eigenvalue weighted by molar-refractivity contribution is 0.215. The second kappa shape index (κ2) is 5.91. The Hall–Kier alpha value is -2.17. The van der Waals surface area contributed by atoms with Gasteiger partial charge in [-0.25, -0.2) is 0 Å². The molecule has 2 aromatic heterocycles.